The van der Waals surface area contributed by atoms with Gasteiger partial charge in [-0.15, -0.1) is 12.4 Å². The van der Waals surface area contributed by atoms with Gasteiger partial charge in [0.2, 0.25) is 11.8 Å². The van der Waals surface area contributed by atoms with Gasteiger partial charge in [-0.3, -0.25) is 19.4 Å². The Kier molecular flexibility index (Phi) is 14.2. The minimum absolute atomic E-state index is 0. The molecule has 0 bridgehead atoms. The van der Waals surface area contributed by atoms with E-state index in [0.717, 1.165) is 65.2 Å². The van der Waals surface area contributed by atoms with Crippen LogP contribution in [0, 0.1) is 29.6 Å². The van der Waals surface area contributed by atoms with Crippen LogP contribution < -0.4 is 5.32 Å². The number of hydrogen-bond acceptors (Lipinski definition) is 8. The zero-order valence-electron chi connectivity index (χ0n) is 32.3. The molecular formula is C44H49ClN6O5. The van der Waals surface area contributed by atoms with Gasteiger partial charge in [-0.25, -0.2) is 4.98 Å². The van der Waals surface area contributed by atoms with Crippen molar-refractivity contribution < 1.29 is 23.9 Å². The van der Waals surface area contributed by atoms with Crippen molar-refractivity contribution in [3.8, 4) is 34.9 Å². The van der Waals surface area contributed by atoms with E-state index in [4.69, 9.17) is 9.47 Å². The number of aliphatic imine (C=N–C) groups is 1. The van der Waals surface area contributed by atoms with E-state index in [0.29, 0.717) is 25.4 Å². The smallest absolute Gasteiger partial charge is 0.306 e. The number of hydrogen-bond donors (Lipinski definition) is 2. The fraction of sp³-hybridized carbons (Fsp3) is 0.386. The normalized spacial score (nSPS) is 18.3. The first kappa shape index (κ1) is 41.4. The standard InChI is InChI=1S/C44H48N6O5.ClH/c1-29(2)41(47-30(3)54-4)44(53)49-23-11-17-38(49)36-25-32(27-45-36)14-10-9-13-31-19-21-34(22-20-31)37-28-46-42(48-37)39-18-12-24-50(39)43(52)35(26-40(51)55-5)33-15-7-6-8-16-33;/h6-8,15-16,19-22,27-29,35,38-39,41,47H,3,11-12,17-18,23-26H2,1-2,4-5H3,(H,46,48);1H/t35-,38+,39+,41+;/m1./s1. The Morgan fingerprint density at radius 1 is 0.929 bits per heavy atom. The molecule has 1 aromatic heterocycles. The summed E-state index contributed by atoms with van der Waals surface area (Å²) in [5.74, 6) is 12.2. The number of carbonyl (C=O) groups excluding carboxylic acids is 3. The topological polar surface area (TPSA) is 129 Å². The molecule has 11 nitrogen and oxygen atoms in total. The molecule has 2 amide bonds. The van der Waals surface area contributed by atoms with Crippen LogP contribution in [-0.2, 0) is 23.9 Å². The van der Waals surface area contributed by atoms with Crippen LogP contribution in [0.3, 0.4) is 0 Å². The number of aromatic nitrogens is 2. The average molecular weight is 777 g/mol. The first-order valence-electron chi connectivity index (χ1n) is 18.8. The number of allylic oxidation sites excluding steroid dienone is 1. The third-order valence-electron chi connectivity index (χ3n) is 10.4. The number of nitrogens with one attached hydrogen (secondary N) is 2. The Hall–Kier alpha value is -5.78. The second kappa shape index (κ2) is 19.2. The average Bonchev–Trinajstić information content (AvgIpc) is 4.04. The lowest BCUT2D eigenvalue weighted by Gasteiger charge is -2.31. The number of likely N-dealkylation sites (tertiary alicyclic amines) is 2. The van der Waals surface area contributed by atoms with Gasteiger partial charge in [0.15, 0.2) is 5.88 Å². The molecule has 2 fully saturated rings. The number of esters is 1. The fourth-order valence-electron chi connectivity index (χ4n) is 7.43. The minimum Gasteiger partial charge on any atom is -0.483 e. The van der Waals surface area contributed by atoms with Crippen molar-refractivity contribution in [2.75, 3.05) is 27.3 Å². The molecule has 6 rings (SSSR count). The zero-order valence-corrected chi connectivity index (χ0v) is 33.2. The van der Waals surface area contributed by atoms with E-state index in [9.17, 15) is 14.4 Å². The van der Waals surface area contributed by atoms with Gasteiger partial charge in [0.05, 0.1) is 50.5 Å². The van der Waals surface area contributed by atoms with Crippen LogP contribution in [0.25, 0.3) is 11.3 Å². The van der Waals surface area contributed by atoms with Gasteiger partial charge >= 0.3 is 5.97 Å². The van der Waals surface area contributed by atoms with Crippen LogP contribution in [0.15, 0.2) is 90.0 Å². The fourth-order valence-corrected chi connectivity index (χ4v) is 7.43. The van der Waals surface area contributed by atoms with E-state index >= 15 is 0 Å². The predicted molar refractivity (Wildman–Crippen MR) is 218 cm³/mol. The summed E-state index contributed by atoms with van der Waals surface area (Å²) in [5.41, 5.74) is 5.23. The van der Waals surface area contributed by atoms with Crippen molar-refractivity contribution in [1.29, 1.82) is 0 Å². The molecule has 3 aromatic rings. The van der Waals surface area contributed by atoms with Crippen LogP contribution in [0.4, 0.5) is 0 Å². The number of nitrogens with zero attached hydrogens (tertiary/aromatic N) is 4. The van der Waals surface area contributed by atoms with Gasteiger partial charge in [-0.05, 0) is 73.3 Å². The van der Waals surface area contributed by atoms with Crippen molar-refractivity contribution in [3.63, 3.8) is 0 Å². The van der Waals surface area contributed by atoms with Gasteiger partial charge in [0.1, 0.15) is 11.9 Å². The molecule has 0 unspecified atom stereocenters. The molecule has 0 spiro atoms. The Balaban J connectivity index is 0.00000600. The van der Waals surface area contributed by atoms with E-state index in [1.54, 1.807) is 12.4 Å². The number of rotatable bonds is 12. The Bertz CT molecular complexity index is 2090. The van der Waals surface area contributed by atoms with Crippen molar-refractivity contribution in [3.05, 3.63) is 102 Å². The van der Waals surface area contributed by atoms with E-state index in [1.807, 2.05) is 78.2 Å². The number of halogens is 1. The number of H-pyrrole nitrogens is 1. The molecule has 292 valence electrons. The van der Waals surface area contributed by atoms with Crippen LogP contribution >= 0.6 is 12.4 Å². The number of benzene rings is 2. The third-order valence-corrected chi connectivity index (χ3v) is 10.4. The molecule has 3 aliphatic rings. The third kappa shape index (κ3) is 9.71. The van der Waals surface area contributed by atoms with Gasteiger partial charge in [-0.2, -0.15) is 0 Å². The summed E-state index contributed by atoms with van der Waals surface area (Å²) in [5, 5.41) is 3.13. The highest BCUT2D eigenvalue weighted by Crippen LogP contribution is 2.35. The lowest BCUT2D eigenvalue weighted by atomic mass is 9.94. The van der Waals surface area contributed by atoms with Crippen molar-refractivity contribution in [2.45, 2.75) is 76.4 Å². The summed E-state index contributed by atoms with van der Waals surface area (Å²) in [6.45, 7) is 9.13. The predicted octanol–water partition coefficient (Wildman–Crippen LogP) is 6.32. The quantitative estimate of drug-likeness (QED) is 0.125. The van der Waals surface area contributed by atoms with Gasteiger partial charge in [0.25, 0.3) is 0 Å². The van der Waals surface area contributed by atoms with Crippen LogP contribution in [-0.4, -0.2) is 82.7 Å². The molecule has 3 aliphatic heterocycles. The zero-order chi connectivity index (χ0) is 38.9. The summed E-state index contributed by atoms with van der Waals surface area (Å²) in [7, 11) is 2.87. The Morgan fingerprint density at radius 2 is 1.61 bits per heavy atom. The summed E-state index contributed by atoms with van der Waals surface area (Å²) >= 11 is 0. The van der Waals surface area contributed by atoms with Crippen molar-refractivity contribution >= 4 is 35.9 Å². The van der Waals surface area contributed by atoms with Crippen LogP contribution in [0.1, 0.15) is 81.3 Å². The molecule has 0 radical (unpaired) electrons. The van der Waals surface area contributed by atoms with Crippen LogP contribution in [0.2, 0.25) is 0 Å². The van der Waals surface area contributed by atoms with Gasteiger partial charge in [-0.1, -0.05) is 68.2 Å². The molecule has 0 saturated carbocycles. The number of ether oxygens (including phenoxy) is 2. The Labute approximate surface area is 335 Å². The first-order chi connectivity index (χ1) is 26.7. The summed E-state index contributed by atoms with van der Waals surface area (Å²) in [6.07, 6.45) is 7.57. The largest absolute Gasteiger partial charge is 0.483 e. The van der Waals surface area contributed by atoms with Crippen molar-refractivity contribution in [2.24, 2.45) is 10.9 Å². The number of amides is 2. The molecule has 12 heteroatoms. The highest BCUT2D eigenvalue weighted by molar-refractivity contribution is 5.98. The van der Waals surface area contributed by atoms with E-state index < -0.39 is 17.9 Å². The molecule has 2 aromatic carbocycles. The molecule has 2 saturated heterocycles. The molecule has 4 atom stereocenters. The van der Waals surface area contributed by atoms with Gasteiger partial charge < -0.3 is 29.6 Å². The lowest BCUT2D eigenvalue weighted by Crippen LogP contribution is -2.52. The summed E-state index contributed by atoms with van der Waals surface area (Å²) < 4.78 is 10.1. The SMILES string of the molecule is C=C(N[C@H](C(=O)N1CCC[C@H]1C1=NC=C(C#CC#Cc2ccc(-c3cnc([C@@H]4CCCN4C(=O)[C@H](CC(=O)OC)c4ccccc4)[nH]3)cc2)C1)C(C)C)OC.Cl. The molecular weight excluding hydrogens is 728 g/mol. The van der Waals surface area contributed by atoms with E-state index in [-0.39, 0.29) is 48.6 Å². The van der Waals surface area contributed by atoms with Gasteiger partial charge in [0, 0.05) is 42.6 Å². The number of methoxy groups -OCH3 is 2. The highest BCUT2D eigenvalue weighted by Gasteiger charge is 2.39. The maximum Gasteiger partial charge on any atom is 0.306 e. The second-order valence-electron chi connectivity index (χ2n) is 14.3. The number of carbonyl (C=O) groups is 3. The molecule has 56 heavy (non-hydrogen) atoms. The minimum atomic E-state index is -0.628. The van der Waals surface area contributed by atoms with Crippen LogP contribution in [0.5, 0.6) is 0 Å². The first-order valence-corrected chi connectivity index (χ1v) is 18.8. The summed E-state index contributed by atoms with van der Waals surface area (Å²) in [6, 6.07) is 16.5. The van der Waals surface area contributed by atoms with E-state index in [2.05, 4.69) is 50.5 Å². The lowest BCUT2D eigenvalue weighted by molar-refractivity contribution is -0.145. The summed E-state index contributed by atoms with van der Waals surface area (Å²) in [4.78, 5) is 56.2. The maximum atomic E-state index is 13.9. The highest BCUT2D eigenvalue weighted by atomic mass is 35.5. The molecule has 2 N–H and O–H groups in total. The number of imidazole rings is 1. The Morgan fingerprint density at radius 3 is 2.29 bits per heavy atom. The second-order valence-corrected chi connectivity index (χ2v) is 14.3. The van der Waals surface area contributed by atoms with Crippen molar-refractivity contribution in [1.82, 2.24) is 25.1 Å². The number of aromatic amines is 1. The molecule has 0 aliphatic carbocycles. The monoisotopic (exact) mass is 776 g/mol. The van der Waals surface area contributed by atoms with E-state index in [1.165, 1.54) is 14.2 Å². The molecule has 4 heterocycles. The maximum absolute atomic E-state index is 13.9.